The molecule has 1 aromatic heterocycles. The third-order valence-electron chi connectivity index (χ3n) is 3.04. The van der Waals surface area contributed by atoms with Crippen molar-refractivity contribution in [3.05, 3.63) is 18.0 Å². The van der Waals surface area contributed by atoms with E-state index in [0.717, 1.165) is 5.82 Å². The highest BCUT2D eigenvalue weighted by Crippen LogP contribution is 2.49. The topological polar surface area (TPSA) is 194 Å². The van der Waals surface area contributed by atoms with Crippen molar-refractivity contribution in [2.45, 2.75) is 46.3 Å². The number of carbonyl (C=O) groups excluding carboxylic acids is 2. The van der Waals surface area contributed by atoms with Crippen molar-refractivity contribution >= 4 is 31.7 Å². The van der Waals surface area contributed by atoms with E-state index in [4.69, 9.17) is 34.7 Å². The van der Waals surface area contributed by atoms with Gasteiger partial charge in [0.1, 0.15) is 5.82 Å². The van der Waals surface area contributed by atoms with E-state index >= 15 is 0 Å². The largest absolute Gasteiger partial charge is 0.510 e. The number of nitrogen functional groups attached to an aromatic ring is 2. The van der Waals surface area contributed by atoms with E-state index in [0.29, 0.717) is 0 Å². The first-order chi connectivity index (χ1) is 15.5. The molecule has 0 unspecified atom stereocenters. The van der Waals surface area contributed by atoms with Crippen LogP contribution < -0.4 is 16.2 Å². The van der Waals surface area contributed by atoms with Crippen LogP contribution in [0.15, 0.2) is 18.0 Å². The van der Waals surface area contributed by atoms with Crippen LogP contribution in [0, 0.1) is 0 Å². The van der Waals surface area contributed by atoms with E-state index in [9.17, 15) is 14.2 Å². The third kappa shape index (κ3) is 13.1. The molecule has 0 atom stereocenters. The SMILES string of the molecule is CC(C)OC(=O)OCOP(=O)(/C=C/CCOc1cc(N)nc(N)n1)OCOC(=O)OC(C)C. The predicted octanol–water partition coefficient (Wildman–Crippen LogP) is 3.19. The monoisotopic (exact) mass is 492 g/mol. The Labute approximate surface area is 191 Å². The molecule has 0 aromatic carbocycles. The van der Waals surface area contributed by atoms with E-state index in [1.807, 2.05) is 0 Å². The molecule has 0 amide bonds. The summed E-state index contributed by atoms with van der Waals surface area (Å²) in [5.74, 6) is 1.36. The van der Waals surface area contributed by atoms with Crippen LogP contribution in [-0.4, -0.2) is 54.7 Å². The minimum Gasteiger partial charge on any atom is -0.477 e. The molecular weight excluding hydrogens is 463 g/mol. The number of hydrogen-bond donors (Lipinski definition) is 2. The standard InChI is InChI=1S/C18H29N4O10P/c1-12(2)31-17(23)27-10-29-33(25,30-11-28-18(24)32-13(3)4)8-6-5-7-26-15-9-14(19)21-16(20)22-15/h6,8-9,12-13H,5,7,10-11H2,1-4H3,(H4,19,20,21,22)/b8-6+. The lowest BCUT2D eigenvalue weighted by molar-refractivity contribution is -0.0286. The summed E-state index contributed by atoms with van der Waals surface area (Å²) in [4.78, 5) is 30.4. The maximum absolute atomic E-state index is 12.9. The number of carbonyl (C=O) groups is 2. The average molecular weight is 492 g/mol. The first-order valence-corrected chi connectivity index (χ1v) is 11.4. The summed E-state index contributed by atoms with van der Waals surface area (Å²) >= 11 is 0. The first kappa shape index (κ1) is 27.9. The number of rotatable bonds is 13. The van der Waals surface area contributed by atoms with Crippen LogP contribution in [0.3, 0.4) is 0 Å². The Morgan fingerprint density at radius 2 is 1.55 bits per heavy atom. The molecule has 1 aromatic rings. The van der Waals surface area contributed by atoms with Gasteiger partial charge in [-0.3, -0.25) is 13.6 Å². The van der Waals surface area contributed by atoms with Crippen molar-refractivity contribution in [1.82, 2.24) is 9.97 Å². The number of hydrogen-bond acceptors (Lipinski definition) is 14. The zero-order valence-electron chi connectivity index (χ0n) is 18.8. The van der Waals surface area contributed by atoms with Gasteiger partial charge in [-0.05, 0) is 27.7 Å². The van der Waals surface area contributed by atoms with Gasteiger partial charge in [0.15, 0.2) is 0 Å². The molecule has 0 bridgehead atoms. The Kier molecular flexibility index (Phi) is 12.0. The van der Waals surface area contributed by atoms with E-state index in [-0.39, 0.29) is 30.7 Å². The molecule has 0 aliphatic heterocycles. The predicted molar refractivity (Wildman–Crippen MR) is 115 cm³/mol. The lowest BCUT2D eigenvalue weighted by Gasteiger charge is -2.16. The van der Waals surface area contributed by atoms with Crippen LogP contribution in [0.2, 0.25) is 0 Å². The Hall–Kier alpha value is -3.09. The molecule has 0 radical (unpaired) electrons. The van der Waals surface area contributed by atoms with Crippen LogP contribution >= 0.6 is 7.60 Å². The summed E-state index contributed by atoms with van der Waals surface area (Å²) in [6.45, 7) is 5.13. The Bertz CT molecular complexity index is 797. The number of aromatic nitrogens is 2. The zero-order chi connectivity index (χ0) is 24.9. The number of anilines is 2. The van der Waals surface area contributed by atoms with Crippen LogP contribution in [0.4, 0.5) is 21.4 Å². The molecular formula is C18H29N4O10P. The normalized spacial score (nSPS) is 11.6. The van der Waals surface area contributed by atoms with E-state index in [2.05, 4.69) is 19.4 Å². The van der Waals surface area contributed by atoms with Gasteiger partial charge in [0.25, 0.3) is 0 Å². The van der Waals surface area contributed by atoms with Crippen molar-refractivity contribution in [3.63, 3.8) is 0 Å². The molecule has 0 saturated heterocycles. The molecule has 0 aliphatic carbocycles. The highest BCUT2D eigenvalue weighted by atomic mass is 31.2. The van der Waals surface area contributed by atoms with Gasteiger partial charge in [0.2, 0.25) is 25.4 Å². The fourth-order valence-electron chi connectivity index (χ4n) is 1.84. The lowest BCUT2D eigenvalue weighted by atomic mass is 10.4. The van der Waals surface area contributed by atoms with Crippen molar-refractivity contribution in [1.29, 1.82) is 0 Å². The minimum atomic E-state index is -4.00. The van der Waals surface area contributed by atoms with Crippen LogP contribution in [0.25, 0.3) is 0 Å². The van der Waals surface area contributed by atoms with Gasteiger partial charge in [0.05, 0.1) is 18.8 Å². The second kappa shape index (κ2) is 14.1. The second-order valence-corrected chi connectivity index (χ2v) is 8.56. The highest BCUT2D eigenvalue weighted by Gasteiger charge is 2.23. The van der Waals surface area contributed by atoms with E-state index in [1.54, 1.807) is 27.7 Å². The summed E-state index contributed by atoms with van der Waals surface area (Å²) < 4.78 is 47.2. The third-order valence-corrected chi connectivity index (χ3v) is 4.55. The Morgan fingerprint density at radius 1 is 1.00 bits per heavy atom. The van der Waals surface area contributed by atoms with Crippen LogP contribution in [0.1, 0.15) is 34.1 Å². The van der Waals surface area contributed by atoms with Crippen molar-refractivity contribution < 1.29 is 46.9 Å². The maximum Gasteiger partial charge on any atom is 0.510 e. The average Bonchev–Trinajstić information content (AvgIpc) is 2.65. The molecule has 1 rings (SSSR count). The molecule has 0 fully saturated rings. The highest BCUT2D eigenvalue weighted by molar-refractivity contribution is 7.57. The number of ether oxygens (including phenoxy) is 5. The van der Waals surface area contributed by atoms with Gasteiger partial charge in [-0.25, -0.2) is 9.59 Å². The van der Waals surface area contributed by atoms with Crippen molar-refractivity contribution in [2.75, 3.05) is 31.7 Å². The van der Waals surface area contributed by atoms with Crippen LogP contribution in [-0.2, 0) is 32.6 Å². The smallest absolute Gasteiger partial charge is 0.477 e. The Morgan fingerprint density at radius 3 is 2.03 bits per heavy atom. The second-order valence-electron chi connectivity index (χ2n) is 6.67. The molecule has 15 heteroatoms. The van der Waals surface area contributed by atoms with Gasteiger partial charge in [-0.2, -0.15) is 9.97 Å². The summed E-state index contributed by atoms with van der Waals surface area (Å²) in [6, 6.07) is 1.39. The molecule has 186 valence electrons. The lowest BCUT2D eigenvalue weighted by Crippen LogP contribution is -2.16. The Balaban J connectivity index is 2.61. The first-order valence-electron chi connectivity index (χ1n) is 9.75. The van der Waals surface area contributed by atoms with Gasteiger partial charge >= 0.3 is 19.9 Å². The molecule has 0 spiro atoms. The molecule has 14 nitrogen and oxygen atoms in total. The number of nitrogens with two attached hydrogens (primary N) is 2. The molecule has 0 saturated carbocycles. The minimum absolute atomic E-state index is 0.0427. The van der Waals surface area contributed by atoms with Crippen LogP contribution in [0.5, 0.6) is 5.88 Å². The van der Waals surface area contributed by atoms with Gasteiger partial charge in [-0.15, -0.1) is 0 Å². The summed E-state index contributed by atoms with van der Waals surface area (Å²) in [5, 5.41) is 0. The van der Waals surface area contributed by atoms with E-state index < -0.39 is 45.7 Å². The summed E-state index contributed by atoms with van der Waals surface area (Å²) in [7, 11) is -4.00. The fraction of sp³-hybridized carbons (Fsp3) is 0.556. The van der Waals surface area contributed by atoms with Gasteiger partial charge in [-0.1, -0.05) is 6.08 Å². The molecule has 1 heterocycles. The van der Waals surface area contributed by atoms with Crippen molar-refractivity contribution in [3.8, 4) is 5.88 Å². The fourth-order valence-corrected chi connectivity index (χ4v) is 2.90. The maximum atomic E-state index is 12.9. The van der Waals surface area contributed by atoms with Gasteiger partial charge in [0, 0.05) is 18.3 Å². The van der Waals surface area contributed by atoms with Gasteiger partial charge < -0.3 is 35.2 Å². The quantitative estimate of drug-likeness (QED) is 0.176. The molecule has 0 aliphatic rings. The zero-order valence-corrected chi connectivity index (χ0v) is 19.7. The molecule has 33 heavy (non-hydrogen) atoms. The number of nitrogens with zero attached hydrogens (tertiary/aromatic N) is 2. The van der Waals surface area contributed by atoms with E-state index in [1.165, 1.54) is 12.1 Å². The van der Waals surface area contributed by atoms with Crippen molar-refractivity contribution in [2.24, 2.45) is 0 Å². The summed E-state index contributed by atoms with van der Waals surface area (Å²) in [5.41, 5.74) is 11.0. The molecule has 4 N–H and O–H groups in total. The summed E-state index contributed by atoms with van der Waals surface area (Å²) in [6.07, 6.45) is -1.20.